The molecule has 0 spiro atoms. The van der Waals surface area contributed by atoms with Crippen LogP contribution >= 0.6 is 0 Å². The van der Waals surface area contributed by atoms with Gasteiger partial charge in [-0.1, -0.05) is 13.3 Å². The van der Waals surface area contributed by atoms with Gasteiger partial charge in [-0.05, 0) is 53.0 Å². The van der Waals surface area contributed by atoms with Gasteiger partial charge in [-0.25, -0.2) is 0 Å². The molecular weight excluding hydrogens is 371 g/mol. The summed E-state index contributed by atoms with van der Waals surface area (Å²) in [7, 11) is -0.676. The minimum Gasteiger partial charge on any atom is -0.493 e. The van der Waals surface area contributed by atoms with E-state index in [-0.39, 0.29) is 6.29 Å². The van der Waals surface area contributed by atoms with Gasteiger partial charge in [0.1, 0.15) is 11.5 Å². The number of hydrogen-bond donors (Lipinski definition) is 0. The van der Waals surface area contributed by atoms with Crippen molar-refractivity contribution >= 4 is 18.9 Å². The lowest BCUT2D eigenvalue weighted by atomic mass is 9.75. The number of unbranched alkanes of at least 4 members (excludes halogenated alkanes) is 1. The van der Waals surface area contributed by atoms with Crippen molar-refractivity contribution in [2.24, 2.45) is 0 Å². The Bertz CT molecular complexity index is 695. The van der Waals surface area contributed by atoms with Crippen molar-refractivity contribution in [3.8, 4) is 11.5 Å². The van der Waals surface area contributed by atoms with Crippen LogP contribution in [0.2, 0.25) is 0 Å². The smallest absolute Gasteiger partial charge is 0.493 e. The molecule has 2 heterocycles. The molecule has 1 aromatic rings. The fourth-order valence-electron chi connectivity index (χ4n) is 3.38. The van der Waals surface area contributed by atoms with Crippen LogP contribution in [-0.2, 0) is 14.0 Å². The van der Waals surface area contributed by atoms with Crippen molar-refractivity contribution < 1.29 is 28.3 Å². The lowest BCUT2D eigenvalue weighted by molar-refractivity contribution is -0.105. The van der Waals surface area contributed by atoms with Gasteiger partial charge < -0.3 is 23.5 Å². The predicted octanol–water partition coefficient (Wildman–Crippen LogP) is 3.88. The molecule has 7 heteroatoms. The second kappa shape index (κ2) is 9.06. The van der Waals surface area contributed by atoms with E-state index in [1.165, 1.54) is 0 Å². The van der Waals surface area contributed by atoms with Crippen LogP contribution in [0.5, 0.6) is 11.5 Å². The molecule has 0 radical (unpaired) electrons. The normalized spacial score (nSPS) is 23.1. The molecule has 1 aromatic carbocycles. The second-order valence-corrected chi connectivity index (χ2v) is 8.75. The number of carbonyl (C=O) groups excluding carboxylic acids is 1. The van der Waals surface area contributed by atoms with E-state index < -0.39 is 18.3 Å². The highest BCUT2D eigenvalue weighted by molar-refractivity contribution is 6.63. The highest BCUT2D eigenvalue weighted by atomic mass is 16.7. The van der Waals surface area contributed by atoms with Crippen molar-refractivity contribution in [1.82, 2.24) is 0 Å². The first-order valence-electron chi connectivity index (χ1n) is 10.7. The van der Waals surface area contributed by atoms with Crippen LogP contribution in [0.25, 0.3) is 0 Å². The summed E-state index contributed by atoms with van der Waals surface area (Å²) in [5, 5.41) is 0. The SMILES string of the molecule is CCCCOc1cc(OC2CCCCO2)cc(B2OC(C)(C)C(C)(C)O2)c1C=O. The largest absolute Gasteiger partial charge is 0.495 e. The summed E-state index contributed by atoms with van der Waals surface area (Å²) in [6, 6.07) is 3.59. The molecule has 0 aromatic heterocycles. The van der Waals surface area contributed by atoms with Gasteiger partial charge in [0, 0.05) is 17.9 Å². The highest BCUT2D eigenvalue weighted by Crippen LogP contribution is 2.38. The van der Waals surface area contributed by atoms with Gasteiger partial charge in [-0.3, -0.25) is 4.79 Å². The van der Waals surface area contributed by atoms with Crippen LogP contribution in [-0.4, -0.2) is 44.1 Å². The number of rotatable bonds is 8. The van der Waals surface area contributed by atoms with E-state index in [2.05, 4.69) is 6.92 Å². The molecule has 0 bridgehead atoms. The van der Waals surface area contributed by atoms with E-state index in [1.807, 2.05) is 33.8 Å². The van der Waals surface area contributed by atoms with Gasteiger partial charge in [-0.15, -0.1) is 0 Å². The minimum atomic E-state index is -0.676. The first kappa shape index (κ1) is 22.1. The quantitative estimate of drug-likeness (QED) is 0.372. The van der Waals surface area contributed by atoms with Crippen molar-refractivity contribution in [3.05, 3.63) is 17.7 Å². The zero-order chi connectivity index (χ0) is 21.1. The van der Waals surface area contributed by atoms with Crippen LogP contribution < -0.4 is 14.9 Å². The molecular formula is C22H33BO6. The molecule has 2 saturated heterocycles. The Morgan fingerprint density at radius 3 is 2.48 bits per heavy atom. The Labute approximate surface area is 174 Å². The van der Waals surface area contributed by atoms with Gasteiger partial charge in [0.05, 0.1) is 30.0 Å². The van der Waals surface area contributed by atoms with E-state index in [1.54, 1.807) is 6.07 Å². The molecule has 2 fully saturated rings. The van der Waals surface area contributed by atoms with Crippen LogP contribution in [0.1, 0.15) is 77.1 Å². The van der Waals surface area contributed by atoms with E-state index in [0.717, 1.165) is 38.4 Å². The van der Waals surface area contributed by atoms with Gasteiger partial charge in [0.2, 0.25) is 0 Å². The first-order valence-corrected chi connectivity index (χ1v) is 10.7. The molecule has 1 unspecified atom stereocenters. The van der Waals surface area contributed by atoms with Crippen molar-refractivity contribution in [2.45, 2.75) is 84.2 Å². The van der Waals surface area contributed by atoms with Gasteiger partial charge in [-0.2, -0.15) is 0 Å². The van der Waals surface area contributed by atoms with Crippen LogP contribution in [0, 0.1) is 0 Å². The summed E-state index contributed by atoms with van der Waals surface area (Å²) < 4.78 is 30.1. The number of ether oxygens (including phenoxy) is 3. The Morgan fingerprint density at radius 1 is 1.17 bits per heavy atom. The third kappa shape index (κ3) is 4.96. The fraction of sp³-hybridized carbons (Fsp3) is 0.682. The second-order valence-electron chi connectivity index (χ2n) is 8.75. The topological polar surface area (TPSA) is 63.2 Å². The molecule has 6 nitrogen and oxygen atoms in total. The Kier molecular flexibility index (Phi) is 6.92. The summed E-state index contributed by atoms with van der Waals surface area (Å²) in [4.78, 5) is 12.0. The monoisotopic (exact) mass is 404 g/mol. The molecule has 3 rings (SSSR count). The summed E-state index contributed by atoms with van der Waals surface area (Å²) in [6.45, 7) is 11.3. The fourth-order valence-corrected chi connectivity index (χ4v) is 3.38. The molecule has 2 aliphatic rings. The van der Waals surface area contributed by atoms with Crippen LogP contribution in [0.3, 0.4) is 0 Å². The Morgan fingerprint density at radius 2 is 1.90 bits per heavy atom. The van der Waals surface area contributed by atoms with Crippen LogP contribution in [0.4, 0.5) is 0 Å². The summed E-state index contributed by atoms with van der Waals surface area (Å²) >= 11 is 0. The molecule has 0 amide bonds. The maximum absolute atomic E-state index is 12.0. The molecule has 1 atom stereocenters. The molecule has 2 aliphatic heterocycles. The zero-order valence-electron chi connectivity index (χ0n) is 18.3. The van der Waals surface area contributed by atoms with Crippen molar-refractivity contribution in [1.29, 1.82) is 0 Å². The lowest BCUT2D eigenvalue weighted by Crippen LogP contribution is -2.41. The highest BCUT2D eigenvalue weighted by Gasteiger charge is 2.52. The number of benzene rings is 1. The van der Waals surface area contributed by atoms with E-state index in [0.29, 0.717) is 35.7 Å². The number of aldehydes is 1. The van der Waals surface area contributed by atoms with E-state index in [4.69, 9.17) is 23.5 Å². The van der Waals surface area contributed by atoms with Crippen molar-refractivity contribution in [2.75, 3.05) is 13.2 Å². The number of hydrogen-bond acceptors (Lipinski definition) is 6. The van der Waals surface area contributed by atoms with Crippen LogP contribution in [0.15, 0.2) is 12.1 Å². The average Bonchev–Trinajstić information content (AvgIpc) is 2.90. The summed E-state index contributed by atoms with van der Waals surface area (Å²) in [5.74, 6) is 1.09. The predicted molar refractivity (Wildman–Crippen MR) is 112 cm³/mol. The minimum absolute atomic E-state index is 0.291. The Balaban J connectivity index is 1.94. The zero-order valence-corrected chi connectivity index (χ0v) is 18.3. The summed E-state index contributed by atoms with van der Waals surface area (Å²) in [6.07, 6.45) is 5.39. The molecule has 160 valence electrons. The molecule has 0 saturated carbocycles. The maximum Gasteiger partial charge on any atom is 0.495 e. The van der Waals surface area contributed by atoms with E-state index in [9.17, 15) is 4.79 Å². The Hall–Kier alpha value is -1.57. The number of carbonyl (C=O) groups is 1. The van der Waals surface area contributed by atoms with Gasteiger partial charge in [0.25, 0.3) is 0 Å². The van der Waals surface area contributed by atoms with E-state index >= 15 is 0 Å². The molecule has 0 aliphatic carbocycles. The lowest BCUT2D eigenvalue weighted by Gasteiger charge is -2.32. The third-order valence-electron chi connectivity index (χ3n) is 5.93. The van der Waals surface area contributed by atoms with Gasteiger partial charge >= 0.3 is 7.12 Å². The first-order chi connectivity index (χ1) is 13.8. The average molecular weight is 404 g/mol. The standard InChI is InChI=1S/C22H33BO6/c1-6-7-11-25-19-14-16(27-20-10-8-9-12-26-20)13-18(17(19)15-24)23-28-21(2,3)22(4,5)29-23/h13-15,20H,6-12H2,1-5H3. The molecule has 29 heavy (non-hydrogen) atoms. The van der Waals surface area contributed by atoms with Crippen molar-refractivity contribution in [3.63, 3.8) is 0 Å². The maximum atomic E-state index is 12.0. The third-order valence-corrected chi connectivity index (χ3v) is 5.93. The molecule has 0 N–H and O–H groups in total. The van der Waals surface area contributed by atoms with Gasteiger partial charge in [0.15, 0.2) is 12.6 Å². The summed E-state index contributed by atoms with van der Waals surface area (Å²) in [5.41, 5.74) is 0.0457.